The van der Waals surface area contributed by atoms with Gasteiger partial charge in [0.15, 0.2) is 11.5 Å². The number of aliphatic hydroxyl groups is 1. The number of ether oxygens (including phenoxy) is 1. The summed E-state index contributed by atoms with van der Waals surface area (Å²) in [4.78, 5) is 11.2. The zero-order valence-corrected chi connectivity index (χ0v) is 20.4. The molecule has 2 N–H and O–H groups in total. The number of nitrogens with one attached hydrogen (secondary N) is 1. The van der Waals surface area contributed by atoms with Crippen molar-refractivity contribution in [1.82, 2.24) is 19.6 Å². The lowest BCUT2D eigenvalue weighted by Crippen LogP contribution is -2.22. The third-order valence-electron chi connectivity index (χ3n) is 5.71. The Kier molecular flexibility index (Phi) is 8.52. The molecule has 1 saturated heterocycles. The Labute approximate surface area is 196 Å². The average molecular weight is 453 g/mol. The summed E-state index contributed by atoms with van der Waals surface area (Å²) in [6.45, 7) is 9.89. The number of aromatic nitrogens is 4. The molecular formula is C25H36N6O2. The SMILES string of the molecule is CCC=C(O)C1CCN(c2cc(Nc3ccc(OC)c(C)n3)c3nccn3n2)C1.CCCC. The summed E-state index contributed by atoms with van der Waals surface area (Å²) in [5, 5.41) is 18.3. The molecule has 1 unspecified atom stereocenters. The van der Waals surface area contributed by atoms with Gasteiger partial charge in [0.25, 0.3) is 0 Å². The summed E-state index contributed by atoms with van der Waals surface area (Å²) in [6.07, 6.45) is 9.84. The van der Waals surface area contributed by atoms with Crippen LogP contribution in [0, 0.1) is 12.8 Å². The van der Waals surface area contributed by atoms with E-state index >= 15 is 0 Å². The number of nitrogens with zero attached hydrogens (tertiary/aromatic N) is 5. The molecule has 0 aliphatic carbocycles. The van der Waals surface area contributed by atoms with Crippen LogP contribution in [0.25, 0.3) is 5.65 Å². The Hall–Kier alpha value is -3.29. The third kappa shape index (κ3) is 5.94. The van der Waals surface area contributed by atoms with Crippen LogP contribution >= 0.6 is 0 Å². The van der Waals surface area contributed by atoms with Gasteiger partial charge < -0.3 is 20.1 Å². The number of anilines is 3. The number of imidazole rings is 1. The van der Waals surface area contributed by atoms with Crippen molar-refractivity contribution < 1.29 is 9.84 Å². The molecule has 0 radical (unpaired) electrons. The van der Waals surface area contributed by atoms with Crippen molar-refractivity contribution in [2.75, 3.05) is 30.4 Å². The van der Waals surface area contributed by atoms with E-state index in [4.69, 9.17) is 9.84 Å². The Morgan fingerprint density at radius 2 is 2.06 bits per heavy atom. The highest BCUT2D eigenvalue weighted by Crippen LogP contribution is 2.30. The maximum Gasteiger partial charge on any atom is 0.177 e. The van der Waals surface area contributed by atoms with Crippen molar-refractivity contribution in [1.29, 1.82) is 0 Å². The van der Waals surface area contributed by atoms with E-state index < -0.39 is 0 Å². The molecule has 1 atom stereocenters. The fourth-order valence-electron chi connectivity index (χ4n) is 3.71. The van der Waals surface area contributed by atoms with Gasteiger partial charge in [0, 0.05) is 37.5 Å². The fourth-order valence-corrected chi connectivity index (χ4v) is 3.71. The first-order chi connectivity index (χ1) is 16.0. The van der Waals surface area contributed by atoms with Crippen LogP contribution in [0.4, 0.5) is 17.3 Å². The second-order valence-corrected chi connectivity index (χ2v) is 8.19. The highest BCUT2D eigenvalue weighted by Gasteiger charge is 2.27. The lowest BCUT2D eigenvalue weighted by atomic mass is 10.1. The predicted octanol–water partition coefficient (Wildman–Crippen LogP) is 5.67. The van der Waals surface area contributed by atoms with E-state index in [9.17, 15) is 5.11 Å². The van der Waals surface area contributed by atoms with Crippen LogP contribution in [0.15, 0.2) is 42.4 Å². The molecule has 8 heteroatoms. The average Bonchev–Trinajstić information content (AvgIpc) is 3.49. The van der Waals surface area contributed by atoms with Gasteiger partial charge in [0.05, 0.1) is 24.3 Å². The first-order valence-corrected chi connectivity index (χ1v) is 11.8. The molecule has 1 aliphatic heterocycles. The first-order valence-electron chi connectivity index (χ1n) is 11.8. The van der Waals surface area contributed by atoms with Gasteiger partial charge >= 0.3 is 0 Å². The number of aryl methyl sites for hydroxylation is 1. The number of hydrogen-bond acceptors (Lipinski definition) is 7. The summed E-state index contributed by atoms with van der Waals surface area (Å²) in [6, 6.07) is 5.76. The predicted molar refractivity (Wildman–Crippen MR) is 134 cm³/mol. The highest BCUT2D eigenvalue weighted by molar-refractivity contribution is 5.75. The van der Waals surface area contributed by atoms with Crippen LogP contribution in [0.1, 0.15) is 52.1 Å². The van der Waals surface area contributed by atoms with Gasteiger partial charge in [-0.25, -0.2) is 14.5 Å². The summed E-state index contributed by atoms with van der Waals surface area (Å²) in [5.74, 6) is 2.94. The van der Waals surface area contributed by atoms with Crippen molar-refractivity contribution >= 4 is 23.0 Å². The molecule has 4 rings (SSSR count). The monoisotopic (exact) mass is 452 g/mol. The molecule has 0 saturated carbocycles. The number of fused-ring (bicyclic) bond motifs is 1. The molecule has 1 aliphatic rings. The Morgan fingerprint density at radius 3 is 2.73 bits per heavy atom. The maximum absolute atomic E-state index is 10.2. The number of hydrogen-bond donors (Lipinski definition) is 2. The molecule has 0 bridgehead atoms. The molecule has 3 aromatic rings. The molecule has 8 nitrogen and oxygen atoms in total. The third-order valence-corrected chi connectivity index (χ3v) is 5.71. The quantitative estimate of drug-likeness (QED) is 0.447. The van der Waals surface area contributed by atoms with Gasteiger partial charge in [-0.2, -0.15) is 0 Å². The highest BCUT2D eigenvalue weighted by atomic mass is 16.5. The van der Waals surface area contributed by atoms with Gasteiger partial charge in [0.1, 0.15) is 11.6 Å². The van der Waals surface area contributed by atoms with Gasteiger partial charge in [-0.3, -0.25) is 0 Å². The molecule has 0 spiro atoms. The van der Waals surface area contributed by atoms with Crippen molar-refractivity contribution in [3.05, 3.63) is 48.1 Å². The van der Waals surface area contributed by atoms with E-state index in [2.05, 4.69) is 34.0 Å². The number of aliphatic hydroxyl groups excluding tert-OH is 1. The molecule has 178 valence electrons. The van der Waals surface area contributed by atoms with Crippen LogP contribution in [0.5, 0.6) is 5.75 Å². The van der Waals surface area contributed by atoms with Crippen molar-refractivity contribution in [2.45, 2.75) is 53.4 Å². The van der Waals surface area contributed by atoms with Gasteiger partial charge in [0.2, 0.25) is 0 Å². The van der Waals surface area contributed by atoms with Crippen molar-refractivity contribution in [3.8, 4) is 5.75 Å². The topological polar surface area (TPSA) is 87.8 Å². The van der Waals surface area contributed by atoms with Crippen LogP contribution in [-0.4, -0.2) is 44.9 Å². The van der Waals surface area contributed by atoms with Gasteiger partial charge in [-0.15, -0.1) is 5.10 Å². The van der Waals surface area contributed by atoms with Gasteiger partial charge in [-0.1, -0.05) is 33.6 Å². The molecule has 1 fully saturated rings. The minimum atomic E-state index is 0.151. The van der Waals surface area contributed by atoms with E-state index in [1.807, 2.05) is 44.3 Å². The number of rotatable bonds is 7. The summed E-state index contributed by atoms with van der Waals surface area (Å²) in [7, 11) is 1.64. The second-order valence-electron chi connectivity index (χ2n) is 8.19. The molecule has 4 heterocycles. The van der Waals surface area contributed by atoms with E-state index in [0.29, 0.717) is 11.6 Å². The Balaban J connectivity index is 0.000000709. The zero-order chi connectivity index (χ0) is 23.8. The lowest BCUT2D eigenvalue weighted by molar-refractivity contribution is 0.339. The van der Waals surface area contributed by atoms with Crippen LogP contribution in [-0.2, 0) is 0 Å². The van der Waals surface area contributed by atoms with E-state index in [0.717, 1.165) is 54.5 Å². The number of unbranched alkanes of at least 4 members (excludes halogenated alkanes) is 1. The smallest absolute Gasteiger partial charge is 0.177 e. The molecule has 0 amide bonds. The van der Waals surface area contributed by atoms with Crippen molar-refractivity contribution in [2.24, 2.45) is 5.92 Å². The number of pyridine rings is 1. The summed E-state index contributed by atoms with van der Waals surface area (Å²) >= 11 is 0. The molecule has 33 heavy (non-hydrogen) atoms. The van der Waals surface area contributed by atoms with Crippen LogP contribution in [0.3, 0.4) is 0 Å². The number of allylic oxidation sites excluding steroid dienone is 1. The normalized spacial score (nSPS) is 16.0. The Bertz CT molecular complexity index is 1080. The van der Waals surface area contributed by atoms with Crippen LogP contribution < -0.4 is 15.0 Å². The second kappa shape index (κ2) is 11.5. The zero-order valence-electron chi connectivity index (χ0n) is 20.4. The standard InChI is InChI=1S/C21H26N6O2.C4H10/c1-4-5-17(28)15-8-10-26(13-15)20-12-16(21-22-9-11-27(21)25-20)24-19-7-6-18(29-3)14(2)23-19;1-3-4-2/h5-7,9,11-12,15,28H,4,8,10,13H2,1-3H3,(H,23,24);3-4H2,1-2H3. The van der Waals surface area contributed by atoms with E-state index in [-0.39, 0.29) is 5.92 Å². The van der Waals surface area contributed by atoms with Crippen molar-refractivity contribution in [3.63, 3.8) is 0 Å². The first kappa shape index (κ1) is 24.4. The van der Waals surface area contributed by atoms with Gasteiger partial charge in [-0.05, 0) is 38.0 Å². The fraction of sp³-hybridized carbons (Fsp3) is 0.480. The van der Waals surface area contributed by atoms with E-state index in [1.165, 1.54) is 12.8 Å². The minimum absolute atomic E-state index is 0.151. The van der Waals surface area contributed by atoms with E-state index in [1.54, 1.807) is 17.8 Å². The lowest BCUT2D eigenvalue weighted by Gasteiger charge is -2.19. The Morgan fingerprint density at radius 1 is 1.27 bits per heavy atom. The minimum Gasteiger partial charge on any atom is -0.512 e. The molecule has 3 aromatic heterocycles. The molecular weight excluding hydrogens is 416 g/mol. The summed E-state index contributed by atoms with van der Waals surface area (Å²) in [5.41, 5.74) is 2.37. The van der Waals surface area contributed by atoms with Crippen LogP contribution in [0.2, 0.25) is 0 Å². The number of methoxy groups -OCH3 is 1. The maximum atomic E-state index is 10.2. The summed E-state index contributed by atoms with van der Waals surface area (Å²) < 4.78 is 7.06. The largest absolute Gasteiger partial charge is 0.512 e. The molecule has 0 aromatic carbocycles.